The average Bonchev–Trinajstić information content (AvgIpc) is 3.17. The monoisotopic (exact) mass is 796 g/mol. The fraction of sp³-hybridized carbons (Fsp3) is 0.325. The van der Waals surface area contributed by atoms with Crippen LogP contribution in [0.1, 0.15) is 52.7 Å². The number of benzene rings is 4. The molecule has 0 aliphatic rings. The molecule has 51 heavy (non-hydrogen) atoms. The summed E-state index contributed by atoms with van der Waals surface area (Å²) in [5.74, 6) is 2.30. The summed E-state index contributed by atoms with van der Waals surface area (Å²) in [5.41, 5.74) is 2.05. The average molecular weight is 797 g/mol. The van der Waals surface area contributed by atoms with Gasteiger partial charge in [-0.3, -0.25) is 5.92 Å². The zero-order valence-corrected chi connectivity index (χ0v) is 34.5. The van der Waals surface area contributed by atoms with E-state index in [4.69, 9.17) is 38.2 Å². The maximum atomic E-state index is 7.50. The van der Waals surface area contributed by atoms with E-state index in [0.717, 1.165) is 21.5 Å². The molecule has 4 rings (SSSR count). The second-order valence-electron chi connectivity index (χ2n) is 9.28. The number of hydrogen-bond acceptors (Lipinski definition) is 6. The molecule has 0 amide bonds. The first kappa shape index (κ1) is 50.8. The Morgan fingerprint density at radius 3 is 0.882 bits per heavy atom. The van der Waals surface area contributed by atoms with Crippen molar-refractivity contribution in [2.75, 3.05) is 39.6 Å². The van der Waals surface area contributed by atoms with E-state index in [1.54, 1.807) is 0 Å². The van der Waals surface area contributed by atoms with Gasteiger partial charge in [-0.1, -0.05) is 72.3 Å². The smallest absolute Gasteiger partial charge is 0 e. The van der Waals surface area contributed by atoms with Crippen LogP contribution in [-0.4, -0.2) is 39.6 Å². The van der Waals surface area contributed by atoms with E-state index in [1.165, 1.54) is 5.56 Å². The van der Waals surface area contributed by atoms with Gasteiger partial charge in [-0.15, -0.1) is 17.7 Å². The van der Waals surface area contributed by atoms with E-state index in [9.17, 15) is 0 Å². The second-order valence-corrected chi connectivity index (χ2v) is 13.9. The molecule has 0 saturated heterocycles. The van der Waals surface area contributed by atoms with Gasteiger partial charge in [0.15, 0.2) is 0 Å². The molecular weight excluding hydrogens is 744 g/mol. The molecule has 0 heterocycles. The topological polar surface area (TPSA) is 75.3 Å². The first-order valence-corrected chi connectivity index (χ1v) is 20.0. The first-order valence-electron chi connectivity index (χ1n) is 16.5. The zero-order chi connectivity index (χ0) is 37.2. The predicted molar refractivity (Wildman–Crippen MR) is 210 cm³/mol. The molecule has 4 aromatic rings. The van der Waals surface area contributed by atoms with Crippen LogP contribution in [0.25, 0.3) is 0 Å². The van der Waals surface area contributed by atoms with Crippen LogP contribution < -0.4 is 15.9 Å². The Bertz CT molecular complexity index is 1240. The molecule has 1 radical (unpaired) electrons. The first-order chi connectivity index (χ1) is 24.5. The van der Waals surface area contributed by atoms with Gasteiger partial charge in [-0.2, -0.15) is 0 Å². The summed E-state index contributed by atoms with van der Waals surface area (Å²) >= 11 is 0. The molecule has 11 heteroatoms. The third-order valence-electron chi connectivity index (χ3n) is 5.58. The van der Waals surface area contributed by atoms with Gasteiger partial charge >= 0.3 is 11.3 Å². The molecule has 0 aromatic heterocycles. The van der Waals surface area contributed by atoms with Crippen LogP contribution in [0, 0.1) is 25.9 Å². The SMILES string of the molecule is CCOP(OCC)c1ccccc1.CCOP(OCC)c1ccccc1.CCOP(OCC)c1ccccc1.[C-]#Cc1ccc(C)cc1.[C-]#[O+].[Co]. The maximum absolute atomic E-state index is 7.50. The van der Waals surface area contributed by atoms with Crippen LogP contribution in [0.15, 0.2) is 115 Å². The van der Waals surface area contributed by atoms with Crippen LogP contribution in [0.5, 0.6) is 0 Å². The third kappa shape index (κ3) is 24.6. The van der Waals surface area contributed by atoms with E-state index in [0.29, 0.717) is 39.6 Å². The Balaban J connectivity index is 0. The van der Waals surface area contributed by atoms with Crippen molar-refractivity contribution in [2.45, 2.75) is 48.5 Å². The van der Waals surface area contributed by atoms with Crippen LogP contribution in [0.3, 0.4) is 0 Å². The Hall–Kier alpha value is -2.26. The van der Waals surface area contributed by atoms with Gasteiger partial charge in [-0.05, 0) is 84.9 Å². The Morgan fingerprint density at radius 1 is 0.451 bits per heavy atom. The number of hydrogen-bond donors (Lipinski definition) is 0. The minimum Gasteiger partial charge on any atom is 0 e. The van der Waals surface area contributed by atoms with Gasteiger partial charge in [0.1, 0.15) is 0 Å². The van der Waals surface area contributed by atoms with Gasteiger partial charge in [-0.25, -0.2) is 0 Å². The van der Waals surface area contributed by atoms with E-state index >= 15 is 0 Å². The van der Waals surface area contributed by atoms with Crippen molar-refractivity contribution >= 4 is 41.0 Å². The zero-order valence-electron chi connectivity index (χ0n) is 30.7. The fourth-order valence-corrected chi connectivity index (χ4v) is 7.32. The molecule has 0 saturated carbocycles. The molecule has 0 fully saturated rings. The van der Waals surface area contributed by atoms with Crippen molar-refractivity contribution in [3.8, 4) is 5.92 Å². The Labute approximate surface area is 321 Å². The van der Waals surface area contributed by atoms with Gasteiger partial charge < -0.3 is 33.6 Å². The van der Waals surface area contributed by atoms with Crippen LogP contribution in [-0.2, 0) is 48.6 Å². The van der Waals surface area contributed by atoms with E-state index in [-0.39, 0.29) is 16.8 Å². The summed E-state index contributed by atoms with van der Waals surface area (Å²) in [6.45, 7) is 22.6. The molecule has 0 aliphatic heterocycles. The molecule has 0 aliphatic carbocycles. The molecule has 4 aromatic carbocycles. The fourth-order valence-electron chi connectivity index (χ4n) is 3.55. The van der Waals surface area contributed by atoms with Crippen molar-refractivity contribution in [1.82, 2.24) is 0 Å². The maximum Gasteiger partial charge on any atom is 0 e. The summed E-state index contributed by atoms with van der Waals surface area (Å²) in [6.07, 6.45) is 6.76. The van der Waals surface area contributed by atoms with Crippen molar-refractivity contribution in [1.29, 1.82) is 0 Å². The molecule has 279 valence electrons. The van der Waals surface area contributed by atoms with Gasteiger partial charge in [0.25, 0.3) is 0 Å². The molecule has 0 unspecified atom stereocenters. The normalized spacial score (nSPS) is 9.71. The van der Waals surface area contributed by atoms with E-state index in [2.05, 4.69) is 12.6 Å². The molecule has 0 N–H and O–H groups in total. The predicted octanol–water partition coefficient (Wildman–Crippen LogP) is 9.98. The Morgan fingerprint density at radius 2 is 0.686 bits per heavy atom. The van der Waals surface area contributed by atoms with Crippen molar-refractivity contribution < 1.29 is 48.6 Å². The molecule has 0 atom stereocenters. The molecule has 0 bridgehead atoms. The van der Waals surface area contributed by atoms with Crippen LogP contribution in [0.4, 0.5) is 0 Å². The minimum absolute atomic E-state index is 0. The summed E-state index contributed by atoms with van der Waals surface area (Å²) in [7, 11) is -2.57. The van der Waals surface area contributed by atoms with Crippen molar-refractivity contribution in [3.63, 3.8) is 0 Å². The van der Waals surface area contributed by atoms with Gasteiger partial charge in [0, 0.05) is 32.7 Å². The van der Waals surface area contributed by atoms with Crippen molar-refractivity contribution in [3.05, 3.63) is 139 Å². The second kappa shape index (κ2) is 36.1. The largest absolute Gasteiger partial charge is 0 e. The summed E-state index contributed by atoms with van der Waals surface area (Å²) < 4.78 is 40.6. The molecule has 0 spiro atoms. The molecule has 7 nitrogen and oxygen atoms in total. The number of rotatable bonds is 15. The summed E-state index contributed by atoms with van der Waals surface area (Å²) in [5, 5.41) is 3.42. The van der Waals surface area contributed by atoms with Gasteiger partial charge in [0.05, 0.1) is 39.6 Å². The standard InChI is InChI=1S/3C10H15O2P.C9H7.CO.Co/c3*1-3-11-13(12-4-2)10-8-6-5-7-9-10;1-3-9-6-4-8(2)5-7-9;1-2;/h3*5-9H,3-4H2,1-2H3;4-7H,2H3;;/q;;;-1;;. The Kier molecular flexibility index (Phi) is 36.0. The minimum atomic E-state index is -0.856. The van der Waals surface area contributed by atoms with Gasteiger partial charge in [0.2, 0.25) is 25.1 Å². The van der Waals surface area contributed by atoms with E-state index < -0.39 is 25.1 Å². The molecular formula is C40H52CoO7P3-. The van der Waals surface area contributed by atoms with E-state index in [1.807, 2.05) is 164 Å². The third-order valence-corrected chi connectivity index (χ3v) is 10.7. The number of aryl methyl sites for hydroxylation is 1. The van der Waals surface area contributed by atoms with Crippen LogP contribution >= 0.6 is 25.1 Å². The summed E-state index contributed by atoms with van der Waals surface area (Å²) in [4.78, 5) is 0. The summed E-state index contributed by atoms with van der Waals surface area (Å²) in [6, 6.07) is 37.9. The van der Waals surface area contributed by atoms with Crippen molar-refractivity contribution in [2.24, 2.45) is 0 Å². The van der Waals surface area contributed by atoms with Crippen LogP contribution in [0.2, 0.25) is 0 Å². The quantitative estimate of drug-likeness (QED) is 0.0516.